The molecule has 21 heavy (non-hydrogen) atoms. The van der Waals surface area contributed by atoms with E-state index in [1.54, 1.807) is 16.7 Å². The van der Waals surface area contributed by atoms with Gasteiger partial charge < -0.3 is 15.5 Å². The van der Waals surface area contributed by atoms with Crippen molar-refractivity contribution < 1.29 is 14.4 Å². The molecule has 2 heterocycles. The molecule has 0 bridgehead atoms. The highest BCUT2D eigenvalue weighted by Gasteiger charge is 2.37. The fraction of sp³-hybridized carbons (Fsp3) is 0.769. The van der Waals surface area contributed by atoms with Crippen LogP contribution >= 0.6 is 11.8 Å². The molecule has 0 aromatic heterocycles. The van der Waals surface area contributed by atoms with Gasteiger partial charge in [0.05, 0.1) is 0 Å². The molecule has 0 aromatic rings. The third-order valence-corrected chi connectivity index (χ3v) is 4.38. The van der Waals surface area contributed by atoms with Crippen molar-refractivity contribution in [1.29, 1.82) is 0 Å². The first-order valence-corrected chi connectivity index (χ1v) is 8.62. The predicted molar refractivity (Wildman–Crippen MR) is 81.1 cm³/mol. The summed E-state index contributed by atoms with van der Waals surface area (Å²) >= 11 is 1.64. The maximum Gasteiger partial charge on any atom is 0.324 e. The van der Waals surface area contributed by atoms with E-state index in [1.165, 1.54) is 4.90 Å². The molecule has 0 radical (unpaired) electrons. The second-order valence-electron chi connectivity index (χ2n) is 5.15. The van der Waals surface area contributed by atoms with Gasteiger partial charge in [-0.3, -0.25) is 14.5 Å². The van der Waals surface area contributed by atoms with Crippen LogP contribution in [-0.2, 0) is 9.59 Å². The first kappa shape index (κ1) is 16.1. The lowest BCUT2D eigenvalue weighted by Gasteiger charge is -2.27. The molecule has 118 valence electrons. The van der Waals surface area contributed by atoms with E-state index in [9.17, 15) is 14.4 Å². The molecule has 2 fully saturated rings. The van der Waals surface area contributed by atoms with E-state index in [-0.39, 0.29) is 30.8 Å². The minimum Gasteiger partial charge on any atom is -0.340 e. The van der Waals surface area contributed by atoms with E-state index < -0.39 is 6.04 Å². The number of hydrogen-bond donors (Lipinski definition) is 2. The Hall–Kier alpha value is -1.28. The van der Waals surface area contributed by atoms with Gasteiger partial charge in [0.15, 0.2) is 0 Å². The van der Waals surface area contributed by atoms with Crippen molar-refractivity contribution in [2.45, 2.75) is 18.9 Å². The molecule has 0 spiro atoms. The van der Waals surface area contributed by atoms with Crippen molar-refractivity contribution in [1.82, 2.24) is 20.4 Å². The second-order valence-corrected chi connectivity index (χ2v) is 6.14. The Balaban J connectivity index is 1.80. The van der Waals surface area contributed by atoms with Crippen LogP contribution < -0.4 is 10.6 Å². The molecule has 2 rings (SSSR count). The van der Waals surface area contributed by atoms with Gasteiger partial charge in [-0.05, 0) is 18.4 Å². The summed E-state index contributed by atoms with van der Waals surface area (Å²) in [6.07, 6.45) is 2.80. The van der Waals surface area contributed by atoms with Crippen LogP contribution in [0.2, 0.25) is 0 Å². The van der Waals surface area contributed by atoms with E-state index >= 15 is 0 Å². The number of carbonyl (C=O) groups is 3. The van der Waals surface area contributed by atoms with Gasteiger partial charge in [0, 0.05) is 39.1 Å². The van der Waals surface area contributed by atoms with Gasteiger partial charge in [-0.1, -0.05) is 0 Å². The molecular formula is C13H22N4O3S. The van der Waals surface area contributed by atoms with Crippen LogP contribution in [-0.4, -0.2) is 78.4 Å². The van der Waals surface area contributed by atoms with Crippen LogP contribution in [0.4, 0.5) is 4.79 Å². The number of rotatable bonds is 6. The van der Waals surface area contributed by atoms with Crippen LogP contribution in [0.25, 0.3) is 0 Å². The fourth-order valence-corrected chi connectivity index (χ4v) is 2.97. The third kappa shape index (κ3) is 4.10. The van der Waals surface area contributed by atoms with Crippen LogP contribution in [0, 0.1) is 0 Å². The van der Waals surface area contributed by atoms with Crippen molar-refractivity contribution in [3.05, 3.63) is 0 Å². The Morgan fingerprint density at radius 2 is 2.05 bits per heavy atom. The average Bonchev–Trinajstić information content (AvgIpc) is 2.78. The van der Waals surface area contributed by atoms with Gasteiger partial charge in [0.25, 0.3) is 5.91 Å². The Bertz CT molecular complexity index is 412. The molecule has 1 atom stereocenters. The minimum absolute atomic E-state index is 0.00432. The number of piperazine rings is 1. The largest absolute Gasteiger partial charge is 0.340 e. The summed E-state index contributed by atoms with van der Waals surface area (Å²) in [5.74, 6) is 0.622. The van der Waals surface area contributed by atoms with E-state index in [1.807, 2.05) is 6.26 Å². The molecule has 2 aliphatic heterocycles. The van der Waals surface area contributed by atoms with Gasteiger partial charge in [0.1, 0.15) is 6.04 Å². The second kappa shape index (κ2) is 7.65. The van der Waals surface area contributed by atoms with E-state index in [0.717, 1.165) is 18.8 Å². The molecule has 4 amide bonds. The number of urea groups is 1. The summed E-state index contributed by atoms with van der Waals surface area (Å²) in [6, 6.07) is -0.807. The molecule has 2 N–H and O–H groups in total. The zero-order valence-corrected chi connectivity index (χ0v) is 13.1. The third-order valence-electron chi connectivity index (χ3n) is 3.74. The molecule has 0 saturated carbocycles. The zero-order chi connectivity index (χ0) is 15.2. The summed E-state index contributed by atoms with van der Waals surface area (Å²) < 4.78 is 0. The zero-order valence-electron chi connectivity index (χ0n) is 12.3. The lowest BCUT2D eigenvalue weighted by molar-refractivity contribution is -0.132. The van der Waals surface area contributed by atoms with Gasteiger partial charge in [-0.25, -0.2) is 4.79 Å². The molecular weight excluding hydrogens is 292 g/mol. The molecule has 8 heteroatoms. The molecule has 0 aliphatic carbocycles. The quantitative estimate of drug-likeness (QED) is 0.645. The summed E-state index contributed by atoms with van der Waals surface area (Å²) in [5, 5.41) is 5.86. The Morgan fingerprint density at radius 1 is 1.33 bits per heavy atom. The number of nitrogens with one attached hydrogen (secondary N) is 2. The Morgan fingerprint density at radius 3 is 2.71 bits per heavy atom. The molecule has 0 aromatic carbocycles. The smallest absolute Gasteiger partial charge is 0.324 e. The lowest BCUT2D eigenvalue weighted by Crippen LogP contribution is -2.47. The van der Waals surface area contributed by atoms with Crippen LogP contribution in [0.5, 0.6) is 0 Å². The monoisotopic (exact) mass is 314 g/mol. The first-order valence-electron chi connectivity index (χ1n) is 7.23. The fourth-order valence-electron chi connectivity index (χ4n) is 2.50. The predicted octanol–water partition coefficient (Wildman–Crippen LogP) is -0.518. The van der Waals surface area contributed by atoms with Crippen LogP contribution in [0.3, 0.4) is 0 Å². The highest BCUT2D eigenvalue weighted by atomic mass is 32.2. The molecule has 7 nitrogen and oxygen atoms in total. The highest BCUT2D eigenvalue weighted by Crippen LogP contribution is 2.12. The normalized spacial score (nSPS) is 22.6. The number of amides is 4. The first-order chi connectivity index (χ1) is 10.1. The number of thioether (sulfide) groups is 1. The summed E-state index contributed by atoms with van der Waals surface area (Å²) in [5.41, 5.74) is 0. The maximum absolute atomic E-state index is 12.1. The van der Waals surface area contributed by atoms with Gasteiger partial charge in [0.2, 0.25) is 5.91 Å². The number of nitrogens with zero attached hydrogens (tertiary/aromatic N) is 2. The summed E-state index contributed by atoms with van der Waals surface area (Å²) in [6.45, 7) is 3.14. The van der Waals surface area contributed by atoms with E-state index in [2.05, 4.69) is 10.6 Å². The van der Waals surface area contributed by atoms with Crippen molar-refractivity contribution in [3.63, 3.8) is 0 Å². The topological polar surface area (TPSA) is 81.8 Å². The minimum atomic E-state index is -0.431. The molecule has 1 unspecified atom stereocenters. The van der Waals surface area contributed by atoms with E-state index in [0.29, 0.717) is 19.5 Å². The van der Waals surface area contributed by atoms with Crippen molar-refractivity contribution in [2.24, 2.45) is 0 Å². The lowest BCUT2D eigenvalue weighted by atomic mass is 10.2. The van der Waals surface area contributed by atoms with Crippen molar-refractivity contribution >= 4 is 29.6 Å². The summed E-state index contributed by atoms with van der Waals surface area (Å²) in [7, 11) is 0. The highest BCUT2D eigenvalue weighted by molar-refractivity contribution is 7.98. The average molecular weight is 314 g/mol. The molecule has 2 aliphatic rings. The summed E-state index contributed by atoms with van der Waals surface area (Å²) in [4.78, 5) is 38.9. The van der Waals surface area contributed by atoms with Gasteiger partial charge >= 0.3 is 6.03 Å². The van der Waals surface area contributed by atoms with Crippen LogP contribution in [0.15, 0.2) is 0 Å². The van der Waals surface area contributed by atoms with Crippen molar-refractivity contribution in [2.75, 3.05) is 44.7 Å². The van der Waals surface area contributed by atoms with Gasteiger partial charge in [-0.15, -0.1) is 0 Å². The molecule has 2 saturated heterocycles. The SMILES string of the molecule is CSCCC1NC(=O)N(CCC(=O)N2CCNCC2)C1=O. The Labute approximate surface area is 128 Å². The van der Waals surface area contributed by atoms with Crippen LogP contribution in [0.1, 0.15) is 12.8 Å². The maximum atomic E-state index is 12.1. The number of hydrogen-bond acceptors (Lipinski definition) is 5. The van der Waals surface area contributed by atoms with Gasteiger partial charge in [-0.2, -0.15) is 11.8 Å². The Kier molecular flexibility index (Phi) is 5.86. The van der Waals surface area contributed by atoms with Crippen molar-refractivity contribution in [3.8, 4) is 0 Å². The number of imide groups is 1. The standard InChI is InChI=1S/C13H22N4O3S/c1-21-9-3-10-12(19)17(13(20)15-10)6-2-11(18)16-7-4-14-5-8-16/h10,14H,2-9H2,1H3,(H,15,20). The number of carbonyl (C=O) groups excluding carboxylic acids is 3. The van der Waals surface area contributed by atoms with E-state index in [4.69, 9.17) is 0 Å².